The summed E-state index contributed by atoms with van der Waals surface area (Å²) >= 11 is 1.39. The maximum absolute atomic E-state index is 12.2. The number of carbonyl (C=O) groups is 2. The van der Waals surface area contributed by atoms with E-state index in [4.69, 9.17) is 9.47 Å². The molecule has 1 aliphatic rings. The van der Waals surface area contributed by atoms with Crippen LogP contribution in [0.5, 0.6) is 0 Å². The zero-order valence-corrected chi connectivity index (χ0v) is 14.3. The Morgan fingerprint density at radius 2 is 2.05 bits per heavy atom. The van der Waals surface area contributed by atoms with Crippen molar-refractivity contribution in [2.24, 2.45) is 5.92 Å². The minimum atomic E-state index is -0.529. The number of rotatable bonds is 7. The normalized spacial score (nSPS) is 15.5. The molecule has 6 heteroatoms. The van der Waals surface area contributed by atoms with Gasteiger partial charge in [0.25, 0.3) is 5.91 Å². The van der Waals surface area contributed by atoms with Crippen LogP contribution in [0.15, 0.2) is 0 Å². The third-order valence-electron chi connectivity index (χ3n) is 3.75. The predicted octanol–water partition coefficient (Wildman–Crippen LogP) is 3.30. The van der Waals surface area contributed by atoms with Gasteiger partial charge in [-0.2, -0.15) is 0 Å². The molecule has 0 radical (unpaired) electrons. The van der Waals surface area contributed by atoms with E-state index in [0.717, 1.165) is 10.4 Å². The number of hydrogen-bond donors (Lipinski definition) is 1. The van der Waals surface area contributed by atoms with Gasteiger partial charge in [-0.05, 0) is 52.0 Å². The molecule has 122 valence electrons. The zero-order valence-electron chi connectivity index (χ0n) is 13.5. The van der Waals surface area contributed by atoms with Gasteiger partial charge in [0, 0.05) is 4.88 Å². The molecular formula is C16H23NO4S. The smallest absolute Gasteiger partial charge is 0.341 e. The number of ether oxygens (including phenoxy) is 2. The molecule has 1 heterocycles. The summed E-state index contributed by atoms with van der Waals surface area (Å²) in [5, 5.41) is 3.35. The standard InChI is InChI=1S/C16H23NO4S/c1-5-20-16(19)13-9(2)11(4)22-15(13)17-14(18)10(3)21-8-12-6-7-12/h10,12H,5-8H2,1-4H3,(H,17,18). The molecule has 1 aromatic heterocycles. The Morgan fingerprint density at radius 1 is 1.36 bits per heavy atom. The molecule has 1 N–H and O–H groups in total. The minimum Gasteiger partial charge on any atom is -0.462 e. The van der Waals surface area contributed by atoms with Crippen molar-refractivity contribution in [3.63, 3.8) is 0 Å². The van der Waals surface area contributed by atoms with Gasteiger partial charge in [-0.1, -0.05) is 0 Å². The maximum Gasteiger partial charge on any atom is 0.341 e. The van der Waals surface area contributed by atoms with Crippen LogP contribution in [-0.4, -0.2) is 31.2 Å². The van der Waals surface area contributed by atoms with Crippen molar-refractivity contribution >= 4 is 28.2 Å². The summed E-state index contributed by atoms with van der Waals surface area (Å²) in [7, 11) is 0. The highest BCUT2D eigenvalue weighted by Crippen LogP contribution is 2.33. The average Bonchev–Trinajstić information content (AvgIpc) is 3.24. The second kappa shape index (κ2) is 7.24. The Hall–Kier alpha value is -1.40. The summed E-state index contributed by atoms with van der Waals surface area (Å²) in [5.41, 5.74) is 1.30. The fraction of sp³-hybridized carbons (Fsp3) is 0.625. The quantitative estimate of drug-likeness (QED) is 0.781. The van der Waals surface area contributed by atoms with E-state index in [9.17, 15) is 9.59 Å². The van der Waals surface area contributed by atoms with Crippen LogP contribution in [-0.2, 0) is 14.3 Å². The molecule has 0 bridgehead atoms. The van der Waals surface area contributed by atoms with Gasteiger partial charge in [0.15, 0.2) is 0 Å². The Bertz CT molecular complexity index is 563. The fourth-order valence-corrected chi connectivity index (χ4v) is 3.07. The lowest BCUT2D eigenvalue weighted by Crippen LogP contribution is -2.28. The van der Waals surface area contributed by atoms with Crippen LogP contribution in [0.2, 0.25) is 0 Å². The van der Waals surface area contributed by atoms with Gasteiger partial charge < -0.3 is 14.8 Å². The van der Waals surface area contributed by atoms with Crippen LogP contribution in [0.25, 0.3) is 0 Å². The number of esters is 1. The lowest BCUT2D eigenvalue weighted by molar-refractivity contribution is -0.126. The number of thiophene rings is 1. The molecule has 1 amide bonds. The maximum atomic E-state index is 12.2. The van der Waals surface area contributed by atoms with Gasteiger partial charge in [0.05, 0.1) is 18.8 Å². The summed E-state index contributed by atoms with van der Waals surface area (Å²) < 4.78 is 10.6. The molecule has 2 rings (SSSR count). The molecule has 1 aliphatic carbocycles. The van der Waals surface area contributed by atoms with Crippen molar-refractivity contribution in [1.82, 2.24) is 0 Å². The van der Waals surface area contributed by atoms with E-state index in [1.165, 1.54) is 24.2 Å². The molecule has 0 saturated heterocycles. The summed E-state index contributed by atoms with van der Waals surface area (Å²) in [6, 6.07) is 0. The predicted molar refractivity (Wildman–Crippen MR) is 86.5 cm³/mol. The number of hydrogen-bond acceptors (Lipinski definition) is 5. The van der Waals surface area contributed by atoms with Gasteiger partial charge in [0.2, 0.25) is 0 Å². The van der Waals surface area contributed by atoms with Crippen molar-refractivity contribution < 1.29 is 19.1 Å². The number of amides is 1. The van der Waals surface area contributed by atoms with Crippen LogP contribution < -0.4 is 5.32 Å². The molecule has 1 fully saturated rings. The van der Waals surface area contributed by atoms with Crippen LogP contribution in [0.1, 0.15) is 47.5 Å². The van der Waals surface area contributed by atoms with Crippen LogP contribution in [0.4, 0.5) is 5.00 Å². The molecule has 0 spiro atoms. The topological polar surface area (TPSA) is 64.6 Å². The Balaban J connectivity index is 2.05. The van der Waals surface area contributed by atoms with E-state index in [1.54, 1.807) is 13.8 Å². The highest BCUT2D eigenvalue weighted by atomic mass is 32.1. The Morgan fingerprint density at radius 3 is 2.64 bits per heavy atom. The molecule has 0 aliphatic heterocycles. The Labute approximate surface area is 135 Å². The van der Waals surface area contributed by atoms with E-state index in [0.29, 0.717) is 29.7 Å². The van der Waals surface area contributed by atoms with Gasteiger partial charge in [-0.25, -0.2) is 4.79 Å². The molecule has 22 heavy (non-hydrogen) atoms. The zero-order chi connectivity index (χ0) is 16.3. The minimum absolute atomic E-state index is 0.229. The number of carbonyl (C=O) groups excluding carboxylic acids is 2. The third-order valence-corrected chi connectivity index (χ3v) is 4.87. The highest BCUT2D eigenvalue weighted by Gasteiger charge is 2.26. The lowest BCUT2D eigenvalue weighted by atomic mass is 10.1. The van der Waals surface area contributed by atoms with Crippen molar-refractivity contribution in [2.75, 3.05) is 18.5 Å². The largest absolute Gasteiger partial charge is 0.462 e. The average molecular weight is 325 g/mol. The molecule has 1 saturated carbocycles. The summed E-state index contributed by atoms with van der Waals surface area (Å²) in [5.74, 6) is -0.0183. The van der Waals surface area contributed by atoms with Crippen LogP contribution in [0.3, 0.4) is 0 Å². The van der Waals surface area contributed by atoms with E-state index in [2.05, 4.69) is 5.32 Å². The summed E-state index contributed by atoms with van der Waals surface area (Å²) in [6.45, 7) is 8.21. The Kier molecular flexibility index (Phi) is 5.58. The SMILES string of the molecule is CCOC(=O)c1c(NC(=O)C(C)OCC2CC2)sc(C)c1C. The van der Waals surface area contributed by atoms with E-state index in [-0.39, 0.29) is 5.91 Å². The van der Waals surface area contributed by atoms with Gasteiger partial charge >= 0.3 is 5.97 Å². The molecule has 1 atom stereocenters. The first-order chi connectivity index (χ1) is 10.4. The van der Waals surface area contributed by atoms with Crippen molar-refractivity contribution in [3.8, 4) is 0 Å². The monoisotopic (exact) mass is 325 g/mol. The molecule has 5 nitrogen and oxygen atoms in total. The molecule has 1 aromatic rings. The van der Waals surface area contributed by atoms with Crippen LogP contribution in [0, 0.1) is 19.8 Å². The van der Waals surface area contributed by atoms with Crippen molar-refractivity contribution in [2.45, 2.75) is 46.6 Å². The second-order valence-corrected chi connectivity index (χ2v) is 6.84. The first-order valence-corrected chi connectivity index (χ1v) is 8.45. The number of nitrogens with one attached hydrogen (secondary N) is 1. The molecule has 0 aromatic carbocycles. The second-order valence-electron chi connectivity index (χ2n) is 5.62. The van der Waals surface area contributed by atoms with Gasteiger partial charge in [-0.3, -0.25) is 4.79 Å². The third kappa shape index (κ3) is 4.08. The van der Waals surface area contributed by atoms with Gasteiger partial charge in [0.1, 0.15) is 11.1 Å². The van der Waals surface area contributed by atoms with Gasteiger partial charge in [-0.15, -0.1) is 11.3 Å². The summed E-state index contributed by atoms with van der Waals surface area (Å²) in [4.78, 5) is 25.3. The van der Waals surface area contributed by atoms with Crippen molar-refractivity contribution in [1.29, 1.82) is 0 Å². The lowest BCUT2D eigenvalue weighted by Gasteiger charge is -2.13. The first kappa shape index (κ1) is 17.0. The fourth-order valence-electron chi connectivity index (χ4n) is 2.02. The van der Waals surface area contributed by atoms with E-state index >= 15 is 0 Å². The highest BCUT2D eigenvalue weighted by molar-refractivity contribution is 7.16. The summed E-state index contributed by atoms with van der Waals surface area (Å²) in [6.07, 6.45) is 1.84. The molecule has 1 unspecified atom stereocenters. The first-order valence-electron chi connectivity index (χ1n) is 7.63. The molecular weight excluding hydrogens is 302 g/mol. The van der Waals surface area contributed by atoms with Crippen molar-refractivity contribution in [3.05, 3.63) is 16.0 Å². The number of aryl methyl sites for hydroxylation is 1. The van der Waals surface area contributed by atoms with Crippen LogP contribution >= 0.6 is 11.3 Å². The number of anilines is 1. The van der Waals surface area contributed by atoms with E-state index in [1.807, 2.05) is 13.8 Å². The van der Waals surface area contributed by atoms with E-state index < -0.39 is 12.1 Å².